The first-order chi connectivity index (χ1) is 15.8. The van der Waals surface area contributed by atoms with Gasteiger partial charge in [0, 0.05) is 24.5 Å². The molecule has 3 N–H and O–H groups in total. The quantitative estimate of drug-likeness (QED) is 0.314. The fourth-order valence-electron chi connectivity index (χ4n) is 3.57. The molecule has 0 amide bonds. The number of nitrogens with one attached hydrogen (secondary N) is 3. The normalized spacial score (nSPS) is 12.8. The maximum atomic E-state index is 13.1. The summed E-state index contributed by atoms with van der Waals surface area (Å²) in [6, 6.07) is 14.6. The zero-order valence-corrected chi connectivity index (χ0v) is 18.2. The Bertz CT molecular complexity index is 1100. The number of benzene rings is 2. The second-order valence-corrected chi connectivity index (χ2v) is 7.87. The van der Waals surface area contributed by atoms with Crippen LogP contribution in [0.3, 0.4) is 0 Å². The molecule has 0 bridgehead atoms. The maximum Gasteiger partial charge on any atom is 0.461 e. The van der Waals surface area contributed by atoms with E-state index in [1.54, 1.807) is 18.2 Å². The van der Waals surface area contributed by atoms with Crippen molar-refractivity contribution >= 4 is 16.7 Å². The number of para-hydroxylation sites is 1. The van der Waals surface area contributed by atoms with Gasteiger partial charge in [-0.1, -0.05) is 37.6 Å². The van der Waals surface area contributed by atoms with Crippen molar-refractivity contribution in [2.75, 3.05) is 18.4 Å². The van der Waals surface area contributed by atoms with E-state index in [2.05, 4.69) is 27.3 Å². The van der Waals surface area contributed by atoms with Gasteiger partial charge >= 0.3 is 12.5 Å². The van der Waals surface area contributed by atoms with Gasteiger partial charge in [-0.15, -0.1) is 0 Å². The summed E-state index contributed by atoms with van der Waals surface area (Å²) in [5, 5.41) is 7.19. The van der Waals surface area contributed by atoms with Gasteiger partial charge in [-0.25, -0.2) is 0 Å². The molecule has 3 rings (SSSR count). The van der Waals surface area contributed by atoms with E-state index in [0.29, 0.717) is 36.4 Å². The first kappa shape index (κ1) is 24.6. The maximum absolute atomic E-state index is 13.1. The molecule has 1 aromatic heterocycles. The van der Waals surface area contributed by atoms with Gasteiger partial charge in [0.2, 0.25) is 0 Å². The second-order valence-electron chi connectivity index (χ2n) is 7.87. The van der Waals surface area contributed by atoms with Crippen molar-refractivity contribution in [3.8, 4) is 5.75 Å². The van der Waals surface area contributed by atoms with Crippen LogP contribution < -0.4 is 20.8 Å². The summed E-state index contributed by atoms with van der Waals surface area (Å²) < 4.78 is 55.1. The highest BCUT2D eigenvalue weighted by Gasteiger charge is 2.43. The number of anilines is 1. The number of hydrogen-bond acceptors (Lipinski definition) is 4. The molecule has 1 unspecified atom stereocenters. The molecule has 2 aromatic carbocycles. The number of halogens is 4. The summed E-state index contributed by atoms with van der Waals surface area (Å²) in [5.41, 5.74) is 1.34. The van der Waals surface area contributed by atoms with Crippen LogP contribution >= 0.6 is 0 Å². The van der Waals surface area contributed by atoms with Gasteiger partial charge in [0.1, 0.15) is 11.6 Å². The van der Waals surface area contributed by atoms with Gasteiger partial charge in [0.25, 0.3) is 0 Å². The number of alkyl halides is 4. The van der Waals surface area contributed by atoms with Gasteiger partial charge in [-0.3, -0.25) is 4.79 Å². The molecule has 5 nitrogen and oxygen atoms in total. The van der Waals surface area contributed by atoms with Crippen LogP contribution in [0.5, 0.6) is 5.75 Å². The molecule has 1 heterocycles. The molecule has 0 saturated carbocycles. The van der Waals surface area contributed by atoms with Crippen LogP contribution in [0.25, 0.3) is 10.9 Å². The Morgan fingerprint density at radius 1 is 1.06 bits per heavy atom. The van der Waals surface area contributed by atoms with Gasteiger partial charge in [0.05, 0.1) is 5.52 Å². The molecule has 33 heavy (non-hydrogen) atoms. The Kier molecular flexibility index (Phi) is 8.32. The van der Waals surface area contributed by atoms with Gasteiger partial charge in [-0.05, 0) is 48.7 Å². The smallest absolute Gasteiger partial charge is 0.428 e. The number of aromatic nitrogens is 1. The molecular weight excluding hydrogens is 438 g/mol. The number of pyridine rings is 1. The molecule has 1 atom stereocenters. The molecule has 3 aromatic rings. The van der Waals surface area contributed by atoms with Crippen molar-refractivity contribution in [3.63, 3.8) is 0 Å². The minimum absolute atomic E-state index is 0.0588. The molecule has 0 fully saturated rings. The van der Waals surface area contributed by atoms with Gasteiger partial charge in [0.15, 0.2) is 5.43 Å². The zero-order valence-electron chi connectivity index (χ0n) is 18.2. The fourth-order valence-corrected chi connectivity index (χ4v) is 3.57. The summed E-state index contributed by atoms with van der Waals surface area (Å²) in [4.78, 5) is 15.5. The molecule has 0 aliphatic rings. The third kappa shape index (κ3) is 6.95. The molecule has 0 saturated heterocycles. The summed E-state index contributed by atoms with van der Waals surface area (Å²) >= 11 is 0. The van der Waals surface area contributed by atoms with E-state index in [-0.39, 0.29) is 17.1 Å². The zero-order chi connectivity index (χ0) is 23.8. The van der Waals surface area contributed by atoms with Crippen molar-refractivity contribution in [1.29, 1.82) is 0 Å². The number of aromatic amines is 1. The highest BCUT2D eigenvalue weighted by atomic mass is 19.3. The molecule has 0 aliphatic carbocycles. The van der Waals surface area contributed by atoms with Crippen LogP contribution in [0.2, 0.25) is 0 Å². The first-order valence-electron chi connectivity index (χ1n) is 10.8. The summed E-state index contributed by atoms with van der Waals surface area (Å²) in [6.07, 6.45) is -6.54. The number of rotatable bonds is 12. The first-order valence-corrected chi connectivity index (χ1v) is 10.8. The van der Waals surface area contributed by atoms with Crippen molar-refractivity contribution in [1.82, 2.24) is 10.3 Å². The third-order valence-corrected chi connectivity index (χ3v) is 5.18. The van der Waals surface area contributed by atoms with Crippen molar-refractivity contribution in [2.45, 2.75) is 38.8 Å². The summed E-state index contributed by atoms with van der Waals surface area (Å²) in [7, 11) is 0. The van der Waals surface area contributed by atoms with Crippen LogP contribution in [0, 0.1) is 5.92 Å². The van der Waals surface area contributed by atoms with E-state index in [4.69, 9.17) is 0 Å². The predicted molar refractivity (Wildman–Crippen MR) is 121 cm³/mol. The monoisotopic (exact) mass is 465 g/mol. The molecule has 0 radical (unpaired) electrons. The van der Waals surface area contributed by atoms with Crippen LogP contribution in [0.1, 0.15) is 25.3 Å². The molecule has 178 valence electrons. The Morgan fingerprint density at radius 2 is 1.85 bits per heavy atom. The molecule has 0 spiro atoms. The number of hydrogen-bond donors (Lipinski definition) is 3. The van der Waals surface area contributed by atoms with E-state index in [9.17, 15) is 22.4 Å². The van der Waals surface area contributed by atoms with Gasteiger partial charge in [-0.2, -0.15) is 17.6 Å². The molecule has 9 heteroatoms. The lowest BCUT2D eigenvalue weighted by Gasteiger charge is -2.19. The van der Waals surface area contributed by atoms with Crippen LogP contribution in [-0.4, -0.2) is 30.6 Å². The van der Waals surface area contributed by atoms with Gasteiger partial charge < -0.3 is 20.4 Å². The second kappa shape index (κ2) is 11.2. The Balaban J connectivity index is 1.55. The summed E-state index contributed by atoms with van der Waals surface area (Å²) in [5.74, 6) is 0.573. The predicted octanol–water partition coefficient (Wildman–Crippen LogP) is 5.38. The third-order valence-electron chi connectivity index (χ3n) is 5.18. The number of H-pyrrole nitrogens is 1. The Hall–Kier alpha value is -3.07. The number of fused-ring (bicyclic) bond motifs is 1. The molecular formula is C24H27F4N3O2. The fraction of sp³-hybridized carbons (Fsp3) is 0.375. The van der Waals surface area contributed by atoms with E-state index >= 15 is 0 Å². The van der Waals surface area contributed by atoms with E-state index in [0.717, 1.165) is 18.4 Å². The minimum atomic E-state index is -4.53. The largest absolute Gasteiger partial charge is 0.461 e. The van der Waals surface area contributed by atoms with E-state index in [1.807, 2.05) is 18.2 Å². The summed E-state index contributed by atoms with van der Waals surface area (Å²) in [6.45, 7) is 3.70. The Labute approximate surface area is 189 Å². The lowest BCUT2D eigenvalue weighted by molar-refractivity contribution is -0.253. The lowest BCUT2D eigenvalue weighted by atomic mass is 10.0. The average molecular weight is 465 g/mol. The van der Waals surface area contributed by atoms with Crippen LogP contribution in [0.4, 0.5) is 23.4 Å². The number of ether oxygens (including phenoxy) is 1. The van der Waals surface area contributed by atoms with E-state index < -0.39 is 12.5 Å². The van der Waals surface area contributed by atoms with Crippen molar-refractivity contribution < 1.29 is 22.3 Å². The Morgan fingerprint density at radius 3 is 2.61 bits per heavy atom. The van der Waals surface area contributed by atoms with Crippen LogP contribution in [-0.2, 0) is 6.54 Å². The van der Waals surface area contributed by atoms with Crippen molar-refractivity contribution in [3.05, 3.63) is 70.4 Å². The van der Waals surface area contributed by atoms with E-state index in [1.165, 1.54) is 18.2 Å². The average Bonchev–Trinajstić information content (AvgIpc) is 2.77. The highest BCUT2D eigenvalue weighted by molar-refractivity contribution is 5.79. The topological polar surface area (TPSA) is 66.2 Å². The minimum Gasteiger partial charge on any atom is -0.428 e. The standard InChI is InChI=1S/C24H27F4N3O2/c1-2-6-17(15-30-22-12-21(32)19-9-3-4-10-20(19)31-22)14-29-13-16-7-5-8-18(11-16)33-24(27,28)23(25)26/h3-5,7-12,17,23,29H,2,6,13-15H2,1H3,(H2,30,31,32). The molecule has 0 aliphatic heterocycles. The highest BCUT2D eigenvalue weighted by Crippen LogP contribution is 2.27. The van der Waals surface area contributed by atoms with Crippen LogP contribution in [0.15, 0.2) is 59.4 Å². The lowest BCUT2D eigenvalue weighted by Crippen LogP contribution is -2.33. The van der Waals surface area contributed by atoms with Crippen molar-refractivity contribution in [2.24, 2.45) is 5.92 Å². The SMILES string of the molecule is CCCC(CNCc1cccc(OC(F)(F)C(F)F)c1)CNc1cc(=O)c2ccccc2[nH]1.